The Morgan fingerprint density at radius 1 is 1.33 bits per heavy atom. The van der Waals surface area contributed by atoms with Crippen LogP contribution in [0.4, 0.5) is 0 Å². The van der Waals surface area contributed by atoms with Gasteiger partial charge in [-0.1, -0.05) is 19.1 Å². The summed E-state index contributed by atoms with van der Waals surface area (Å²) in [5.74, 6) is 0.207. The van der Waals surface area contributed by atoms with Crippen molar-refractivity contribution in [2.45, 2.75) is 51.2 Å². The number of methoxy groups -OCH3 is 1. The Hall–Kier alpha value is -0.340. The number of ether oxygens (including phenoxy) is 1. The van der Waals surface area contributed by atoms with E-state index in [1.807, 2.05) is 13.8 Å². The fourth-order valence-electron chi connectivity index (χ4n) is 3.25. The molecule has 0 saturated heterocycles. The number of hydrogen-bond acceptors (Lipinski definition) is 2. The van der Waals surface area contributed by atoms with Crippen LogP contribution in [-0.4, -0.2) is 23.4 Å². The Labute approximate surface area is 92.3 Å². The molecule has 0 aromatic carbocycles. The summed E-state index contributed by atoms with van der Waals surface area (Å²) < 4.78 is 5.70. The largest absolute Gasteiger partial charge is 0.390 e. The van der Waals surface area contributed by atoms with Crippen LogP contribution < -0.4 is 0 Å². The van der Waals surface area contributed by atoms with Crippen LogP contribution in [0.25, 0.3) is 0 Å². The minimum Gasteiger partial charge on any atom is -0.390 e. The van der Waals surface area contributed by atoms with Crippen LogP contribution in [0.2, 0.25) is 0 Å². The van der Waals surface area contributed by atoms with Crippen LogP contribution in [0.5, 0.6) is 0 Å². The van der Waals surface area contributed by atoms with Crippen molar-refractivity contribution in [3.8, 4) is 0 Å². The third-order valence-electron chi connectivity index (χ3n) is 4.35. The monoisotopic (exact) mass is 210 g/mol. The molecule has 3 unspecified atom stereocenters. The van der Waals surface area contributed by atoms with Crippen molar-refractivity contribution in [1.82, 2.24) is 0 Å². The predicted molar refractivity (Wildman–Crippen MR) is 60.6 cm³/mol. The summed E-state index contributed by atoms with van der Waals surface area (Å²) >= 11 is 0. The molecule has 0 aliphatic heterocycles. The van der Waals surface area contributed by atoms with Crippen molar-refractivity contribution in [1.29, 1.82) is 0 Å². The molecule has 3 rings (SSSR count). The molecule has 1 N–H and O–H groups in total. The summed E-state index contributed by atoms with van der Waals surface area (Å²) in [6.07, 6.45) is 7.70. The first-order valence-corrected chi connectivity index (χ1v) is 5.79. The average Bonchev–Trinajstić information content (AvgIpc) is 2.17. The molecular weight excluding hydrogens is 188 g/mol. The average molecular weight is 210 g/mol. The number of aliphatic hydroxyl groups is 1. The first-order chi connectivity index (χ1) is 6.81. The highest BCUT2D eigenvalue weighted by Crippen LogP contribution is 2.55. The van der Waals surface area contributed by atoms with Gasteiger partial charge in [-0.05, 0) is 38.5 Å². The van der Waals surface area contributed by atoms with E-state index in [0.29, 0.717) is 0 Å². The van der Waals surface area contributed by atoms with E-state index in [4.69, 9.17) is 4.74 Å². The molecule has 2 heteroatoms. The Kier molecular flexibility index (Phi) is 2.29. The van der Waals surface area contributed by atoms with Crippen LogP contribution in [0.15, 0.2) is 12.2 Å². The predicted octanol–water partition coefficient (Wildman–Crippen LogP) is 2.52. The van der Waals surface area contributed by atoms with Crippen molar-refractivity contribution in [2.75, 3.05) is 7.11 Å². The maximum absolute atomic E-state index is 10.3. The summed E-state index contributed by atoms with van der Waals surface area (Å²) in [7, 11) is 1.76. The fraction of sp³-hybridized carbons (Fsp3) is 0.846. The number of allylic oxidation sites excluding steroid dienone is 1. The van der Waals surface area contributed by atoms with Crippen LogP contribution in [0.1, 0.15) is 40.0 Å². The van der Waals surface area contributed by atoms with Crippen molar-refractivity contribution in [3.05, 3.63) is 12.2 Å². The van der Waals surface area contributed by atoms with E-state index in [2.05, 4.69) is 19.1 Å². The van der Waals surface area contributed by atoms with Gasteiger partial charge >= 0.3 is 0 Å². The summed E-state index contributed by atoms with van der Waals surface area (Å²) in [5.41, 5.74) is -0.622. The van der Waals surface area contributed by atoms with Gasteiger partial charge < -0.3 is 9.84 Å². The van der Waals surface area contributed by atoms with Gasteiger partial charge in [0.15, 0.2) is 0 Å². The molecule has 0 radical (unpaired) electrons. The Balaban J connectivity index is 2.38. The lowest BCUT2D eigenvalue weighted by Gasteiger charge is -2.55. The van der Waals surface area contributed by atoms with E-state index >= 15 is 0 Å². The molecule has 1 saturated carbocycles. The number of fused-ring (bicyclic) bond motifs is 2. The summed E-state index contributed by atoms with van der Waals surface area (Å²) in [4.78, 5) is 0. The van der Waals surface area contributed by atoms with Crippen molar-refractivity contribution in [3.63, 3.8) is 0 Å². The number of rotatable bonds is 2. The molecule has 0 aromatic heterocycles. The van der Waals surface area contributed by atoms with E-state index in [-0.39, 0.29) is 16.9 Å². The SMILES string of the molecule is COC12C=CC(C)(CC1)CC2C(C)(C)O. The Bertz CT molecular complexity index is 289. The van der Waals surface area contributed by atoms with Gasteiger partial charge in [0.05, 0.1) is 11.2 Å². The van der Waals surface area contributed by atoms with E-state index in [9.17, 15) is 5.11 Å². The van der Waals surface area contributed by atoms with Crippen LogP contribution in [0.3, 0.4) is 0 Å². The molecule has 86 valence electrons. The highest BCUT2D eigenvalue weighted by Gasteiger charge is 2.54. The van der Waals surface area contributed by atoms with Gasteiger partial charge in [-0.15, -0.1) is 0 Å². The van der Waals surface area contributed by atoms with Crippen molar-refractivity contribution >= 4 is 0 Å². The van der Waals surface area contributed by atoms with E-state index < -0.39 is 5.60 Å². The Morgan fingerprint density at radius 3 is 2.40 bits per heavy atom. The molecule has 15 heavy (non-hydrogen) atoms. The topological polar surface area (TPSA) is 29.5 Å². The molecule has 2 bridgehead atoms. The molecule has 0 aromatic rings. The normalized spacial score (nSPS) is 44.7. The molecule has 1 fully saturated rings. The zero-order chi connectivity index (χ0) is 11.3. The molecule has 3 atom stereocenters. The smallest absolute Gasteiger partial charge is 0.0914 e. The second-order valence-corrected chi connectivity index (χ2v) is 6.06. The van der Waals surface area contributed by atoms with E-state index in [1.165, 1.54) is 6.42 Å². The zero-order valence-corrected chi connectivity index (χ0v) is 10.2. The molecule has 2 nitrogen and oxygen atoms in total. The molecule has 3 aliphatic rings. The first-order valence-electron chi connectivity index (χ1n) is 5.79. The number of hydrogen-bond donors (Lipinski definition) is 1. The Morgan fingerprint density at radius 2 is 2.00 bits per heavy atom. The second-order valence-electron chi connectivity index (χ2n) is 6.06. The first kappa shape index (κ1) is 11.2. The maximum Gasteiger partial charge on any atom is 0.0914 e. The lowest BCUT2D eigenvalue weighted by molar-refractivity contribution is -0.148. The molecule has 3 aliphatic carbocycles. The van der Waals surface area contributed by atoms with E-state index in [0.717, 1.165) is 12.8 Å². The third-order valence-corrected chi connectivity index (χ3v) is 4.35. The quantitative estimate of drug-likeness (QED) is 0.710. The highest BCUT2D eigenvalue weighted by molar-refractivity contribution is 5.23. The van der Waals surface area contributed by atoms with E-state index in [1.54, 1.807) is 7.11 Å². The molecule has 0 spiro atoms. The standard InChI is InChI=1S/C13H22O2/c1-11(2,14)10-9-12(3)5-7-13(10,15-4)8-6-12/h5,7,10,14H,6,8-9H2,1-4H3. The molecule has 0 amide bonds. The van der Waals surface area contributed by atoms with Gasteiger partial charge in [0.25, 0.3) is 0 Å². The molecule has 0 heterocycles. The minimum absolute atomic E-state index is 0.207. The summed E-state index contributed by atoms with van der Waals surface area (Å²) in [6.45, 7) is 6.08. The van der Waals surface area contributed by atoms with Gasteiger partial charge in [0, 0.05) is 13.0 Å². The lowest BCUT2D eigenvalue weighted by Crippen LogP contribution is -2.56. The highest BCUT2D eigenvalue weighted by atomic mass is 16.5. The fourth-order valence-corrected chi connectivity index (χ4v) is 3.25. The van der Waals surface area contributed by atoms with Gasteiger partial charge in [-0.3, -0.25) is 0 Å². The second kappa shape index (κ2) is 3.08. The zero-order valence-electron chi connectivity index (χ0n) is 10.2. The van der Waals surface area contributed by atoms with Crippen molar-refractivity contribution < 1.29 is 9.84 Å². The van der Waals surface area contributed by atoms with Gasteiger partial charge in [-0.2, -0.15) is 0 Å². The minimum atomic E-state index is -0.664. The van der Waals surface area contributed by atoms with Crippen LogP contribution >= 0.6 is 0 Å². The summed E-state index contributed by atoms with van der Waals surface area (Å²) in [5, 5.41) is 10.3. The third kappa shape index (κ3) is 1.64. The molecular formula is C13H22O2. The van der Waals surface area contributed by atoms with Gasteiger partial charge in [-0.25, -0.2) is 0 Å². The van der Waals surface area contributed by atoms with Crippen LogP contribution in [-0.2, 0) is 4.74 Å². The van der Waals surface area contributed by atoms with Gasteiger partial charge in [0.2, 0.25) is 0 Å². The van der Waals surface area contributed by atoms with Crippen molar-refractivity contribution in [2.24, 2.45) is 11.3 Å². The van der Waals surface area contributed by atoms with Crippen LogP contribution in [0, 0.1) is 11.3 Å². The summed E-state index contributed by atoms with van der Waals surface area (Å²) in [6, 6.07) is 0. The lowest BCUT2D eigenvalue weighted by atomic mass is 9.55. The maximum atomic E-state index is 10.3. The van der Waals surface area contributed by atoms with Gasteiger partial charge in [0.1, 0.15) is 0 Å².